The largest absolute Gasteiger partial charge is 0.326 e. The van der Waals surface area contributed by atoms with Crippen LogP contribution in [-0.2, 0) is 10.2 Å². The quantitative estimate of drug-likeness (QED) is 0.772. The number of carbonyl (C=O) groups excluding carboxylic acids is 2. The molecular weight excluding hydrogens is 302 g/mol. The van der Waals surface area contributed by atoms with E-state index in [2.05, 4.69) is 36.7 Å². The first-order valence-corrected chi connectivity index (χ1v) is 7.81. The molecule has 2 aromatic carbocycles. The monoisotopic (exact) mass is 325 g/mol. The van der Waals surface area contributed by atoms with Gasteiger partial charge in [-0.1, -0.05) is 39.0 Å². The highest BCUT2D eigenvalue weighted by atomic mass is 16.2. The first-order valence-electron chi connectivity index (χ1n) is 7.81. The third-order valence-electron chi connectivity index (χ3n) is 3.45. The molecular formula is C19H23N3O2. The van der Waals surface area contributed by atoms with Gasteiger partial charge >= 0.3 is 6.03 Å². The molecule has 0 radical (unpaired) electrons. The highest BCUT2D eigenvalue weighted by Crippen LogP contribution is 2.29. The van der Waals surface area contributed by atoms with Crippen LogP contribution in [0.1, 0.15) is 33.3 Å². The molecule has 0 heterocycles. The summed E-state index contributed by atoms with van der Waals surface area (Å²) in [4.78, 5) is 23.2. The lowest BCUT2D eigenvalue weighted by Crippen LogP contribution is -2.22. The topological polar surface area (TPSA) is 70.2 Å². The summed E-state index contributed by atoms with van der Waals surface area (Å²) in [6, 6.07) is 14.4. The first-order chi connectivity index (χ1) is 11.3. The van der Waals surface area contributed by atoms with Gasteiger partial charge in [0.25, 0.3) is 0 Å². The molecule has 0 saturated carbocycles. The molecule has 24 heavy (non-hydrogen) atoms. The van der Waals surface area contributed by atoms with Crippen LogP contribution in [0.4, 0.5) is 21.9 Å². The minimum Gasteiger partial charge on any atom is -0.326 e. The van der Waals surface area contributed by atoms with Crippen LogP contribution < -0.4 is 16.0 Å². The van der Waals surface area contributed by atoms with E-state index in [1.165, 1.54) is 6.92 Å². The van der Waals surface area contributed by atoms with Gasteiger partial charge in [0.15, 0.2) is 0 Å². The second kappa shape index (κ2) is 7.17. The zero-order valence-corrected chi connectivity index (χ0v) is 14.4. The summed E-state index contributed by atoms with van der Waals surface area (Å²) in [5.41, 5.74) is 3.13. The van der Waals surface area contributed by atoms with Gasteiger partial charge in [0, 0.05) is 24.0 Å². The zero-order valence-electron chi connectivity index (χ0n) is 14.4. The molecule has 0 fully saturated rings. The van der Waals surface area contributed by atoms with Gasteiger partial charge in [-0.25, -0.2) is 4.79 Å². The molecule has 2 aromatic rings. The summed E-state index contributed by atoms with van der Waals surface area (Å²) in [5, 5.41) is 8.36. The Balaban J connectivity index is 2.05. The highest BCUT2D eigenvalue weighted by molar-refractivity contribution is 6.00. The van der Waals surface area contributed by atoms with E-state index in [0.717, 1.165) is 11.3 Å². The van der Waals surface area contributed by atoms with Gasteiger partial charge in [-0.15, -0.1) is 0 Å². The lowest BCUT2D eigenvalue weighted by Gasteiger charge is -2.23. The summed E-state index contributed by atoms with van der Waals surface area (Å²) in [6.45, 7) is 7.76. The van der Waals surface area contributed by atoms with E-state index in [-0.39, 0.29) is 17.4 Å². The Morgan fingerprint density at radius 1 is 0.792 bits per heavy atom. The third-order valence-corrected chi connectivity index (χ3v) is 3.45. The van der Waals surface area contributed by atoms with E-state index in [1.807, 2.05) is 24.3 Å². The minimum atomic E-state index is -0.307. The zero-order chi connectivity index (χ0) is 17.7. The SMILES string of the molecule is CC(=O)Nc1ccc(NC(=O)Nc2ccccc2C(C)(C)C)cc1. The third kappa shape index (κ3) is 4.84. The number of nitrogens with one attached hydrogen (secondary N) is 3. The Kier molecular flexibility index (Phi) is 5.24. The lowest BCUT2D eigenvalue weighted by atomic mass is 9.86. The molecule has 5 nitrogen and oxygen atoms in total. The van der Waals surface area contributed by atoms with Crippen molar-refractivity contribution in [2.75, 3.05) is 16.0 Å². The number of anilines is 3. The average Bonchev–Trinajstić information content (AvgIpc) is 2.48. The van der Waals surface area contributed by atoms with Crippen LogP contribution in [0.3, 0.4) is 0 Å². The smallest absolute Gasteiger partial charge is 0.323 e. The highest BCUT2D eigenvalue weighted by Gasteiger charge is 2.18. The van der Waals surface area contributed by atoms with Crippen molar-refractivity contribution < 1.29 is 9.59 Å². The van der Waals surface area contributed by atoms with Crippen molar-refractivity contribution in [1.82, 2.24) is 0 Å². The predicted molar refractivity (Wildman–Crippen MR) is 98.5 cm³/mol. The van der Waals surface area contributed by atoms with Crippen molar-refractivity contribution in [3.05, 3.63) is 54.1 Å². The van der Waals surface area contributed by atoms with E-state index < -0.39 is 0 Å². The van der Waals surface area contributed by atoms with Crippen molar-refractivity contribution in [2.24, 2.45) is 0 Å². The molecule has 0 aromatic heterocycles. The maximum atomic E-state index is 12.2. The van der Waals surface area contributed by atoms with Crippen LogP contribution in [0.5, 0.6) is 0 Å². The normalized spacial score (nSPS) is 10.8. The number of benzene rings is 2. The molecule has 0 spiro atoms. The summed E-state index contributed by atoms with van der Waals surface area (Å²) in [6.07, 6.45) is 0. The van der Waals surface area contributed by atoms with Gasteiger partial charge in [0.05, 0.1) is 0 Å². The fourth-order valence-electron chi connectivity index (χ4n) is 2.37. The van der Waals surface area contributed by atoms with Gasteiger partial charge in [-0.05, 0) is 41.3 Å². The lowest BCUT2D eigenvalue weighted by molar-refractivity contribution is -0.114. The fraction of sp³-hybridized carbons (Fsp3) is 0.263. The molecule has 0 unspecified atom stereocenters. The van der Waals surface area contributed by atoms with Crippen LogP contribution in [-0.4, -0.2) is 11.9 Å². The van der Waals surface area contributed by atoms with Crippen LogP contribution in [0.15, 0.2) is 48.5 Å². The van der Waals surface area contributed by atoms with Crippen molar-refractivity contribution in [2.45, 2.75) is 33.1 Å². The maximum absolute atomic E-state index is 12.2. The van der Waals surface area contributed by atoms with Gasteiger partial charge < -0.3 is 16.0 Å². The molecule has 0 atom stereocenters. The molecule has 5 heteroatoms. The first kappa shape index (κ1) is 17.5. The molecule has 0 saturated heterocycles. The Bertz CT molecular complexity index is 731. The minimum absolute atomic E-state index is 0.0656. The molecule has 0 bridgehead atoms. The summed E-state index contributed by atoms with van der Waals surface area (Å²) in [5.74, 6) is -0.132. The fourth-order valence-corrected chi connectivity index (χ4v) is 2.37. The van der Waals surface area contributed by atoms with Crippen LogP contribution >= 0.6 is 0 Å². The second-order valence-electron chi connectivity index (χ2n) is 6.63. The number of hydrogen-bond acceptors (Lipinski definition) is 2. The Morgan fingerprint density at radius 2 is 1.33 bits per heavy atom. The standard InChI is InChI=1S/C19H23N3O2/c1-13(23)20-14-9-11-15(12-10-14)21-18(24)22-17-8-6-5-7-16(17)19(2,3)4/h5-12H,1-4H3,(H,20,23)(H2,21,22,24). The van der Waals surface area contributed by atoms with E-state index in [1.54, 1.807) is 24.3 Å². The number of hydrogen-bond donors (Lipinski definition) is 3. The van der Waals surface area contributed by atoms with Crippen molar-refractivity contribution in [3.63, 3.8) is 0 Å². The Morgan fingerprint density at radius 3 is 1.88 bits per heavy atom. The predicted octanol–water partition coefficient (Wildman–Crippen LogP) is 4.59. The van der Waals surface area contributed by atoms with Gasteiger partial charge in [0.2, 0.25) is 5.91 Å². The van der Waals surface area contributed by atoms with E-state index in [0.29, 0.717) is 11.4 Å². The van der Waals surface area contributed by atoms with E-state index >= 15 is 0 Å². The molecule has 0 aliphatic heterocycles. The molecule has 2 rings (SSSR count). The average molecular weight is 325 g/mol. The molecule has 0 aliphatic rings. The maximum Gasteiger partial charge on any atom is 0.323 e. The molecule has 3 N–H and O–H groups in total. The summed E-state index contributed by atoms with van der Waals surface area (Å²) >= 11 is 0. The number of para-hydroxylation sites is 1. The summed E-state index contributed by atoms with van der Waals surface area (Å²) < 4.78 is 0. The number of amides is 3. The Labute approximate surface area is 142 Å². The molecule has 3 amide bonds. The number of carbonyl (C=O) groups is 2. The van der Waals surface area contributed by atoms with Crippen molar-refractivity contribution >= 4 is 29.0 Å². The van der Waals surface area contributed by atoms with Crippen molar-refractivity contribution in [1.29, 1.82) is 0 Å². The van der Waals surface area contributed by atoms with Gasteiger partial charge in [-0.2, -0.15) is 0 Å². The number of rotatable bonds is 3. The van der Waals surface area contributed by atoms with Gasteiger partial charge in [0.1, 0.15) is 0 Å². The van der Waals surface area contributed by atoms with E-state index in [4.69, 9.17) is 0 Å². The summed E-state index contributed by atoms with van der Waals surface area (Å²) in [7, 11) is 0. The Hall–Kier alpha value is -2.82. The second-order valence-corrected chi connectivity index (χ2v) is 6.63. The van der Waals surface area contributed by atoms with E-state index in [9.17, 15) is 9.59 Å². The van der Waals surface area contributed by atoms with Gasteiger partial charge in [-0.3, -0.25) is 4.79 Å². The van der Waals surface area contributed by atoms with Crippen LogP contribution in [0, 0.1) is 0 Å². The number of urea groups is 1. The van der Waals surface area contributed by atoms with Crippen LogP contribution in [0.2, 0.25) is 0 Å². The molecule has 126 valence electrons. The van der Waals surface area contributed by atoms with Crippen molar-refractivity contribution in [3.8, 4) is 0 Å². The van der Waals surface area contributed by atoms with Crippen LogP contribution in [0.25, 0.3) is 0 Å². The molecule has 0 aliphatic carbocycles.